The first-order valence-corrected chi connectivity index (χ1v) is 11.7. The van der Waals surface area contributed by atoms with E-state index in [0.717, 1.165) is 32.0 Å². The number of hydrogen-bond acceptors (Lipinski definition) is 5. The first-order valence-electron chi connectivity index (χ1n) is 9.71. The predicted octanol–water partition coefficient (Wildman–Crippen LogP) is 6.21. The molecule has 3 amide bonds. The standard InChI is InChI=1S/C24H15ClN2O3S2/c25-16-10-11-20-18(13-16)27(17-8-4-5-9-19(17)31-20)22(28)14-26-23(29)21(32-24(26)30)12-15-6-2-1-3-7-15/h1-13H,14H2/b21-12-. The summed E-state index contributed by atoms with van der Waals surface area (Å²) in [5, 5.41) is 0.0370. The predicted molar refractivity (Wildman–Crippen MR) is 128 cm³/mol. The molecule has 1 fully saturated rings. The fraction of sp³-hybridized carbons (Fsp3) is 0.0417. The van der Waals surface area contributed by atoms with Gasteiger partial charge in [-0.2, -0.15) is 0 Å². The fourth-order valence-corrected chi connectivity index (χ4v) is 5.58. The van der Waals surface area contributed by atoms with Crippen molar-refractivity contribution in [2.45, 2.75) is 9.79 Å². The zero-order valence-electron chi connectivity index (χ0n) is 16.5. The third-order valence-electron chi connectivity index (χ3n) is 5.00. The Morgan fingerprint density at radius 1 is 0.875 bits per heavy atom. The molecule has 0 aliphatic carbocycles. The van der Waals surface area contributed by atoms with Gasteiger partial charge < -0.3 is 0 Å². The third-order valence-corrected chi connectivity index (χ3v) is 7.27. The molecule has 2 aliphatic heterocycles. The van der Waals surface area contributed by atoms with Crippen molar-refractivity contribution in [1.29, 1.82) is 0 Å². The lowest BCUT2D eigenvalue weighted by Gasteiger charge is -2.32. The molecule has 0 bridgehead atoms. The Bertz CT molecular complexity index is 1290. The van der Waals surface area contributed by atoms with Crippen molar-refractivity contribution < 1.29 is 14.4 Å². The summed E-state index contributed by atoms with van der Waals surface area (Å²) in [6, 6.07) is 22.2. The van der Waals surface area contributed by atoms with E-state index in [4.69, 9.17) is 11.6 Å². The Hall–Kier alpha value is -3.00. The number of carbonyl (C=O) groups is 3. The Labute approximate surface area is 198 Å². The summed E-state index contributed by atoms with van der Waals surface area (Å²) in [6.45, 7) is -0.359. The quantitative estimate of drug-likeness (QED) is 0.419. The highest BCUT2D eigenvalue weighted by molar-refractivity contribution is 8.18. The lowest BCUT2D eigenvalue weighted by atomic mass is 10.2. The average molecular weight is 479 g/mol. The van der Waals surface area contributed by atoms with Gasteiger partial charge in [0, 0.05) is 14.8 Å². The van der Waals surface area contributed by atoms with Crippen LogP contribution < -0.4 is 4.90 Å². The molecule has 2 heterocycles. The van der Waals surface area contributed by atoms with Gasteiger partial charge in [-0.3, -0.25) is 24.2 Å². The highest BCUT2D eigenvalue weighted by Crippen LogP contribution is 2.49. The zero-order valence-corrected chi connectivity index (χ0v) is 18.9. The number of hydrogen-bond donors (Lipinski definition) is 0. The van der Waals surface area contributed by atoms with Crippen molar-refractivity contribution in [2.75, 3.05) is 11.4 Å². The topological polar surface area (TPSA) is 57.7 Å². The molecule has 5 nitrogen and oxygen atoms in total. The van der Waals surface area contributed by atoms with Crippen molar-refractivity contribution in [3.8, 4) is 0 Å². The van der Waals surface area contributed by atoms with Crippen molar-refractivity contribution in [3.05, 3.63) is 88.3 Å². The van der Waals surface area contributed by atoms with Crippen LogP contribution in [0.3, 0.4) is 0 Å². The lowest BCUT2D eigenvalue weighted by Crippen LogP contribution is -2.41. The molecule has 8 heteroatoms. The Kier molecular flexibility index (Phi) is 5.55. The van der Waals surface area contributed by atoms with E-state index in [0.29, 0.717) is 21.3 Å². The van der Waals surface area contributed by atoms with Crippen molar-refractivity contribution in [2.24, 2.45) is 0 Å². The highest BCUT2D eigenvalue weighted by Gasteiger charge is 2.38. The minimum atomic E-state index is -0.469. The second kappa shape index (κ2) is 8.50. The van der Waals surface area contributed by atoms with Gasteiger partial charge in [0.1, 0.15) is 6.54 Å². The van der Waals surface area contributed by atoms with Gasteiger partial charge >= 0.3 is 0 Å². The van der Waals surface area contributed by atoms with Gasteiger partial charge in [-0.25, -0.2) is 0 Å². The Morgan fingerprint density at radius 3 is 2.41 bits per heavy atom. The van der Waals surface area contributed by atoms with Crippen LogP contribution in [0.1, 0.15) is 5.56 Å². The first kappa shape index (κ1) is 20.9. The van der Waals surface area contributed by atoms with Gasteiger partial charge in [-0.15, -0.1) is 0 Å². The van der Waals surface area contributed by atoms with Gasteiger partial charge in [0.2, 0.25) is 0 Å². The van der Waals surface area contributed by atoms with Gasteiger partial charge in [0.15, 0.2) is 0 Å². The normalized spacial score (nSPS) is 16.3. The number of amides is 3. The average Bonchev–Trinajstić information content (AvgIpc) is 3.05. The van der Waals surface area contributed by atoms with Crippen molar-refractivity contribution in [1.82, 2.24) is 4.90 Å². The second-order valence-corrected chi connectivity index (χ2v) is 9.60. The molecule has 2 aliphatic rings. The maximum atomic E-state index is 13.4. The number of halogens is 1. The third kappa shape index (κ3) is 3.83. The number of imide groups is 1. The molecule has 0 unspecified atom stereocenters. The van der Waals surface area contributed by atoms with Crippen LogP contribution in [0.15, 0.2) is 87.5 Å². The van der Waals surface area contributed by atoms with Crippen LogP contribution in [0.2, 0.25) is 5.02 Å². The Morgan fingerprint density at radius 2 is 1.59 bits per heavy atom. The molecule has 1 saturated heterocycles. The summed E-state index contributed by atoms with van der Waals surface area (Å²) in [5.41, 5.74) is 2.15. The van der Waals surface area contributed by atoms with Gasteiger partial charge in [-0.1, -0.05) is 65.8 Å². The second-order valence-electron chi connectivity index (χ2n) is 7.09. The number of fused-ring (bicyclic) bond motifs is 2. The van der Waals surface area contributed by atoms with Crippen LogP contribution in [0.5, 0.6) is 0 Å². The summed E-state index contributed by atoms with van der Waals surface area (Å²) < 4.78 is 0. The molecular weight excluding hydrogens is 464 g/mol. The van der Waals surface area contributed by atoms with Crippen LogP contribution in [0.4, 0.5) is 16.2 Å². The molecule has 32 heavy (non-hydrogen) atoms. The van der Waals surface area contributed by atoms with E-state index in [1.807, 2.05) is 60.7 Å². The Balaban J connectivity index is 1.46. The number of nitrogens with zero attached hydrogens (tertiary/aromatic N) is 2. The van der Waals surface area contributed by atoms with E-state index in [9.17, 15) is 14.4 Å². The van der Waals surface area contributed by atoms with E-state index >= 15 is 0 Å². The van der Waals surface area contributed by atoms with Crippen molar-refractivity contribution in [3.63, 3.8) is 0 Å². The smallest absolute Gasteiger partial charge is 0.277 e. The summed E-state index contributed by atoms with van der Waals surface area (Å²) >= 11 is 8.60. The lowest BCUT2D eigenvalue weighted by molar-refractivity contribution is -0.127. The van der Waals surface area contributed by atoms with Gasteiger partial charge in [0.25, 0.3) is 17.1 Å². The van der Waals surface area contributed by atoms with E-state index in [1.165, 1.54) is 4.90 Å². The summed E-state index contributed by atoms with van der Waals surface area (Å²) in [4.78, 5) is 43.5. The molecule has 158 valence electrons. The summed E-state index contributed by atoms with van der Waals surface area (Å²) in [7, 11) is 0. The van der Waals surface area contributed by atoms with Crippen LogP contribution in [0.25, 0.3) is 6.08 Å². The highest BCUT2D eigenvalue weighted by atomic mass is 35.5. The molecule has 0 radical (unpaired) electrons. The van der Waals surface area contributed by atoms with E-state index in [1.54, 1.807) is 30.0 Å². The first-order chi connectivity index (χ1) is 15.5. The van der Waals surface area contributed by atoms with Crippen LogP contribution in [-0.2, 0) is 9.59 Å². The van der Waals surface area contributed by atoms with E-state index < -0.39 is 11.1 Å². The van der Waals surface area contributed by atoms with Crippen molar-refractivity contribution >= 4 is 69.6 Å². The molecule has 5 rings (SSSR count). The van der Waals surface area contributed by atoms with Crippen LogP contribution in [0, 0.1) is 0 Å². The van der Waals surface area contributed by atoms with Crippen LogP contribution >= 0.6 is 35.1 Å². The minimum Gasteiger partial charge on any atom is -0.277 e. The molecule has 0 aromatic heterocycles. The van der Waals surface area contributed by atoms with E-state index in [-0.39, 0.29) is 12.5 Å². The number of benzene rings is 3. The number of para-hydroxylation sites is 1. The number of rotatable bonds is 3. The molecule has 0 spiro atoms. The molecule has 3 aromatic carbocycles. The van der Waals surface area contributed by atoms with E-state index in [2.05, 4.69) is 0 Å². The summed E-state index contributed by atoms with van der Waals surface area (Å²) in [6.07, 6.45) is 1.66. The van der Waals surface area contributed by atoms with Crippen LogP contribution in [-0.4, -0.2) is 28.5 Å². The number of carbonyl (C=O) groups excluding carboxylic acids is 3. The molecular formula is C24H15ClN2O3S2. The number of anilines is 2. The van der Waals surface area contributed by atoms with Gasteiger partial charge in [0.05, 0.1) is 16.3 Å². The molecule has 3 aromatic rings. The largest absolute Gasteiger partial charge is 0.294 e. The SMILES string of the molecule is O=C1S/C(=C\c2ccccc2)C(=O)N1CC(=O)N1c2ccccc2Sc2ccc(Cl)cc21. The maximum absolute atomic E-state index is 13.4. The minimum absolute atomic E-state index is 0.298. The molecule has 0 atom stereocenters. The maximum Gasteiger partial charge on any atom is 0.294 e. The summed E-state index contributed by atoms with van der Waals surface area (Å²) in [5.74, 6) is -0.854. The van der Waals surface area contributed by atoms with Gasteiger partial charge in [-0.05, 0) is 53.7 Å². The number of thioether (sulfide) groups is 1. The fourth-order valence-electron chi connectivity index (χ4n) is 3.54. The molecule has 0 saturated carbocycles. The zero-order chi connectivity index (χ0) is 22.2. The molecule has 0 N–H and O–H groups in total. The monoisotopic (exact) mass is 478 g/mol.